The van der Waals surface area contributed by atoms with Gasteiger partial charge in [-0.05, 0) is 82.6 Å². The predicted octanol–water partition coefficient (Wildman–Crippen LogP) is 9.09. The van der Waals surface area contributed by atoms with E-state index in [0.29, 0.717) is 34.7 Å². The van der Waals surface area contributed by atoms with Gasteiger partial charge in [-0.2, -0.15) is 26.3 Å². The number of benzene rings is 4. The Labute approximate surface area is 252 Å². The van der Waals surface area contributed by atoms with Crippen LogP contribution in [-0.4, -0.2) is 29.9 Å². The number of amides is 1. The Balaban J connectivity index is 1.42. The van der Waals surface area contributed by atoms with E-state index in [4.69, 9.17) is 0 Å². The zero-order valence-electron chi connectivity index (χ0n) is 24.1. The molecule has 1 fully saturated rings. The van der Waals surface area contributed by atoms with Gasteiger partial charge in [0.25, 0.3) is 5.91 Å². The van der Waals surface area contributed by atoms with E-state index < -0.39 is 23.5 Å². The van der Waals surface area contributed by atoms with Gasteiger partial charge in [0, 0.05) is 31.2 Å². The third kappa shape index (κ3) is 7.50. The second-order valence-electron chi connectivity index (χ2n) is 11.2. The van der Waals surface area contributed by atoms with Crippen LogP contribution < -0.4 is 5.32 Å². The number of nitrogens with zero attached hydrogens (tertiary/aromatic N) is 1. The minimum atomic E-state index is -4.50. The Morgan fingerprint density at radius 2 is 1.27 bits per heavy atom. The number of likely N-dealkylation sites (tertiary alicyclic amines) is 1. The fraction of sp³-hybridized carbons (Fsp3) is 0.286. The van der Waals surface area contributed by atoms with E-state index in [-0.39, 0.29) is 17.5 Å². The zero-order valence-corrected chi connectivity index (χ0v) is 24.1. The Morgan fingerprint density at radius 1 is 0.750 bits per heavy atom. The molecule has 44 heavy (non-hydrogen) atoms. The summed E-state index contributed by atoms with van der Waals surface area (Å²) in [7, 11) is 0. The maximum absolute atomic E-state index is 13.5. The zero-order chi connectivity index (χ0) is 31.5. The molecule has 230 valence electrons. The summed E-state index contributed by atoms with van der Waals surface area (Å²) in [6, 6.07) is 24.2. The Morgan fingerprint density at radius 3 is 1.75 bits per heavy atom. The minimum Gasteiger partial charge on any atom is -0.350 e. The third-order valence-corrected chi connectivity index (χ3v) is 8.20. The molecule has 0 spiro atoms. The van der Waals surface area contributed by atoms with Crippen LogP contribution in [0.15, 0.2) is 97.1 Å². The highest BCUT2D eigenvalue weighted by Gasteiger charge is 2.32. The molecule has 4 aromatic carbocycles. The average molecular weight is 611 g/mol. The van der Waals surface area contributed by atoms with E-state index in [9.17, 15) is 31.1 Å². The second-order valence-corrected chi connectivity index (χ2v) is 11.2. The second kappa shape index (κ2) is 12.9. The molecule has 2 atom stereocenters. The molecule has 0 radical (unpaired) electrons. The largest absolute Gasteiger partial charge is 0.416 e. The molecule has 0 aromatic heterocycles. The number of hydrogen-bond donors (Lipinski definition) is 1. The van der Waals surface area contributed by atoms with Gasteiger partial charge in [0.05, 0.1) is 11.1 Å². The van der Waals surface area contributed by atoms with Crippen LogP contribution in [-0.2, 0) is 18.9 Å². The summed E-state index contributed by atoms with van der Waals surface area (Å²) < 4.78 is 79.0. The van der Waals surface area contributed by atoms with Crippen molar-refractivity contribution >= 4 is 5.91 Å². The molecule has 1 aliphatic heterocycles. The fourth-order valence-electron chi connectivity index (χ4n) is 5.72. The number of halogens is 6. The number of carbonyl (C=O) groups excluding carboxylic acids is 1. The number of carbonyl (C=O) groups is 1. The van der Waals surface area contributed by atoms with Crippen LogP contribution in [0.3, 0.4) is 0 Å². The summed E-state index contributed by atoms with van der Waals surface area (Å²) >= 11 is 0. The van der Waals surface area contributed by atoms with Crippen molar-refractivity contribution in [3.63, 3.8) is 0 Å². The first-order valence-electron chi connectivity index (χ1n) is 14.5. The van der Waals surface area contributed by atoms with E-state index in [1.807, 2.05) is 18.2 Å². The smallest absolute Gasteiger partial charge is 0.350 e. The van der Waals surface area contributed by atoms with Gasteiger partial charge in [-0.25, -0.2) is 0 Å². The van der Waals surface area contributed by atoms with Gasteiger partial charge < -0.3 is 5.32 Å². The van der Waals surface area contributed by atoms with Crippen LogP contribution in [0.5, 0.6) is 0 Å². The van der Waals surface area contributed by atoms with Gasteiger partial charge in [0.15, 0.2) is 0 Å². The van der Waals surface area contributed by atoms with Crippen LogP contribution in [0.25, 0.3) is 22.3 Å². The summed E-state index contributed by atoms with van der Waals surface area (Å²) in [5.41, 5.74) is 1.66. The van der Waals surface area contributed by atoms with Crippen LogP contribution in [0.4, 0.5) is 26.3 Å². The lowest BCUT2D eigenvalue weighted by molar-refractivity contribution is -0.138. The predicted molar refractivity (Wildman–Crippen MR) is 159 cm³/mol. The van der Waals surface area contributed by atoms with Gasteiger partial charge in [0.1, 0.15) is 0 Å². The first-order chi connectivity index (χ1) is 20.9. The van der Waals surface area contributed by atoms with Crippen LogP contribution >= 0.6 is 0 Å². The highest BCUT2D eigenvalue weighted by atomic mass is 19.4. The van der Waals surface area contributed by atoms with Crippen molar-refractivity contribution in [2.75, 3.05) is 13.1 Å². The van der Waals surface area contributed by atoms with Crippen molar-refractivity contribution in [3.05, 3.63) is 119 Å². The van der Waals surface area contributed by atoms with Crippen molar-refractivity contribution in [2.24, 2.45) is 5.92 Å². The molecule has 1 aliphatic rings. The normalized spacial score (nSPS) is 17.5. The van der Waals surface area contributed by atoms with E-state index in [1.54, 1.807) is 18.2 Å². The van der Waals surface area contributed by atoms with Crippen molar-refractivity contribution < 1.29 is 31.1 Å². The van der Waals surface area contributed by atoms with E-state index in [1.165, 1.54) is 29.8 Å². The topological polar surface area (TPSA) is 32.3 Å². The van der Waals surface area contributed by atoms with Crippen molar-refractivity contribution in [1.82, 2.24) is 10.2 Å². The Kier molecular flexibility index (Phi) is 9.15. The van der Waals surface area contributed by atoms with E-state index >= 15 is 0 Å². The Hall–Kier alpha value is -4.11. The lowest BCUT2D eigenvalue weighted by Gasteiger charge is -2.25. The monoisotopic (exact) mass is 610 g/mol. The molecule has 0 unspecified atom stereocenters. The molecule has 0 bridgehead atoms. The van der Waals surface area contributed by atoms with Crippen LogP contribution in [0, 0.1) is 5.92 Å². The van der Waals surface area contributed by atoms with Crippen LogP contribution in [0.1, 0.15) is 46.8 Å². The summed E-state index contributed by atoms with van der Waals surface area (Å²) in [6.07, 6.45) is -7.04. The molecule has 1 saturated heterocycles. The molecular weight excluding hydrogens is 578 g/mol. The lowest BCUT2D eigenvalue weighted by atomic mass is 9.94. The molecule has 4 aromatic rings. The van der Waals surface area contributed by atoms with Crippen molar-refractivity contribution in [1.29, 1.82) is 0 Å². The Bertz CT molecular complexity index is 1490. The maximum atomic E-state index is 13.5. The summed E-state index contributed by atoms with van der Waals surface area (Å²) in [4.78, 5) is 15.9. The number of nitrogens with one attached hydrogen (secondary N) is 1. The standard InChI is InChI=1S/C35H32F6N2O/c1-2-23-16-32(43(21-23)22-24-6-4-3-5-7-24)20-42-33(44)29-18-27(25-8-12-30(13-9-25)34(36,37)38)17-28(19-29)26-10-14-31(15-11-26)35(39,40)41/h3-15,17-19,23,32H,2,16,20-22H2,1H3,(H,42,44)/t23-,32-/m0/s1. The van der Waals surface area contributed by atoms with Gasteiger partial charge in [0.2, 0.25) is 0 Å². The third-order valence-electron chi connectivity index (χ3n) is 8.20. The molecule has 5 rings (SSSR count). The molecule has 1 heterocycles. The summed E-state index contributed by atoms with van der Waals surface area (Å²) in [5.74, 6) is 0.140. The summed E-state index contributed by atoms with van der Waals surface area (Å²) in [5, 5.41) is 3.04. The molecular formula is C35H32F6N2O. The number of hydrogen-bond acceptors (Lipinski definition) is 2. The van der Waals surface area contributed by atoms with Gasteiger partial charge in [-0.3, -0.25) is 9.69 Å². The van der Waals surface area contributed by atoms with Crippen molar-refractivity contribution in [2.45, 2.75) is 44.7 Å². The molecule has 0 saturated carbocycles. The maximum Gasteiger partial charge on any atom is 0.416 e. The van der Waals surface area contributed by atoms with Crippen LogP contribution in [0.2, 0.25) is 0 Å². The highest BCUT2D eigenvalue weighted by molar-refractivity contribution is 5.97. The van der Waals surface area contributed by atoms with Gasteiger partial charge in [-0.15, -0.1) is 0 Å². The molecule has 0 aliphatic carbocycles. The minimum absolute atomic E-state index is 0.122. The van der Waals surface area contributed by atoms with E-state index in [0.717, 1.165) is 50.2 Å². The number of rotatable bonds is 8. The quantitative estimate of drug-likeness (QED) is 0.202. The first-order valence-corrected chi connectivity index (χ1v) is 14.5. The molecule has 9 heteroatoms. The van der Waals surface area contributed by atoms with Crippen molar-refractivity contribution in [3.8, 4) is 22.3 Å². The lowest BCUT2D eigenvalue weighted by Crippen LogP contribution is -2.39. The van der Waals surface area contributed by atoms with Gasteiger partial charge >= 0.3 is 12.4 Å². The highest BCUT2D eigenvalue weighted by Crippen LogP contribution is 2.35. The summed E-state index contributed by atoms with van der Waals surface area (Å²) in [6.45, 7) is 4.25. The van der Waals surface area contributed by atoms with E-state index in [2.05, 4.69) is 29.3 Å². The first kappa shape index (κ1) is 31.3. The number of alkyl halides is 6. The molecule has 1 amide bonds. The SMILES string of the molecule is CC[C@H]1C[C@@H](CNC(=O)c2cc(-c3ccc(C(F)(F)F)cc3)cc(-c3ccc(C(F)(F)F)cc3)c2)N(Cc2ccccc2)C1. The van der Waals surface area contributed by atoms with Gasteiger partial charge in [-0.1, -0.05) is 67.9 Å². The molecule has 3 nitrogen and oxygen atoms in total. The average Bonchev–Trinajstić information content (AvgIpc) is 3.41. The molecule has 1 N–H and O–H groups in total. The fourth-order valence-corrected chi connectivity index (χ4v) is 5.72.